The third kappa shape index (κ3) is 1.20. The average molecular weight is 150 g/mol. The molecule has 0 aromatic carbocycles. The molecule has 1 aliphatic rings. The lowest BCUT2D eigenvalue weighted by Crippen LogP contribution is -2.41. The second-order valence-electron chi connectivity index (χ2n) is 2.01. The van der Waals surface area contributed by atoms with E-state index in [1.54, 1.807) is 0 Å². The predicted octanol–water partition coefficient (Wildman–Crippen LogP) is -1.62. The molecule has 0 aromatic heterocycles. The summed E-state index contributed by atoms with van der Waals surface area (Å²) in [5, 5.41) is 24.4. The molecule has 1 fully saturated rings. The zero-order valence-electron chi connectivity index (χ0n) is 4.61. The summed E-state index contributed by atoms with van der Waals surface area (Å²) in [6.45, 7) is 0. The Labute approximate surface area is 56.7 Å². The number of thioether (sulfide) groups is 1. The van der Waals surface area contributed by atoms with Gasteiger partial charge in [0.2, 0.25) is 5.12 Å². The summed E-state index contributed by atoms with van der Waals surface area (Å²) in [4.78, 5) is 0. The molecule has 1 heterocycles. The van der Waals surface area contributed by atoms with E-state index in [-0.39, 0.29) is 5.75 Å². The van der Waals surface area contributed by atoms with Crippen molar-refractivity contribution >= 4 is 11.8 Å². The molecule has 1 radical (unpaired) electrons. The van der Waals surface area contributed by atoms with Crippen molar-refractivity contribution in [3.63, 3.8) is 0 Å². The lowest BCUT2D eigenvalue weighted by molar-refractivity contribution is -0.107. The van der Waals surface area contributed by atoms with Gasteiger partial charge in [-0.15, -0.1) is 0 Å². The Morgan fingerprint density at radius 2 is 2.11 bits per heavy atom. The van der Waals surface area contributed by atoms with Crippen molar-refractivity contribution in [3.05, 3.63) is 0 Å². The van der Waals surface area contributed by atoms with Gasteiger partial charge in [-0.05, 0) is 0 Å². The third-order valence-corrected chi connectivity index (χ3v) is 2.44. The third-order valence-electron chi connectivity index (χ3n) is 1.26. The number of hydrogen-bond donors (Lipinski definition) is 3. The predicted molar refractivity (Wildman–Crippen MR) is 32.5 cm³/mol. The summed E-state index contributed by atoms with van der Waals surface area (Å²) >= 11 is 0.789. The van der Waals surface area contributed by atoms with Gasteiger partial charge in [-0.3, -0.25) is 0 Å². The van der Waals surface area contributed by atoms with Crippen LogP contribution in [0.2, 0.25) is 0 Å². The quantitative estimate of drug-likeness (QED) is 0.362. The van der Waals surface area contributed by atoms with Crippen LogP contribution >= 0.6 is 11.8 Å². The average Bonchev–Trinajstić information content (AvgIpc) is 1.97. The lowest BCUT2D eigenvalue weighted by Gasteiger charge is -2.18. The van der Waals surface area contributed by atoms with E-state index in [0.717, 1.165) is 11.8 Å². The molecule has 0 saturated carbocycles. The highest BCUT2D eigenvalue weighted by molar-refractivity contribution is 8.00. The molecule has 0 aromatic rings. The molecule has 5 heteroatoms. The number of aliphatic hydroxyl groups excluding tert-OH is 1. The monoisotopic (exact) mass is 150 g/mol. The zero-order chi connectivity index (χ0) is 7.07. The summed E-state index contributed by atoms with van der Waals surface area (Å²) in [5.41, 5.74) is 6.97. The molecule has 0 spiro atoms. The van der Waals surface area contributed by atoms with Gasteiger partial charge >= 0.3 is 0 Å². The molecule has 1 saturated heterocycles. The van der Waals surface area contributed by atoms with Crippen molar-refractivity contribution in [3.8, 4) is 0 Å². The van der Waals surface area contributed by atoms with E-state index < -0.39 is 17.3 Å². The fourth-order valence-electron chi connectivity index (χ4n) is 0.645. The highest BCUT2D eigenvalue weighted by atomic mass is 32.2. The fraction of sp³-hybridized carbons (Fsp3) is 1.00. The van der Waals surface area contributed by atoms with E-state index in [0.29, 0.717) is 0 Å². The Hall–Kier alpha value is 0.190. The number of hydrogen-bond acceptors (Lipinski definition) is 4. The first kappa shape index (κ1) is 7.30. The Morgan fingerprint density at radius 1 is 1.56 bits per heavy atom. The van der Waals surface area contributed by atoms with Crippen LogP contribution in [-0.2, 0) is 0 Å². The molecule has 2 atom stereocenters. The molecule has 4 N–H and O–H groups in total. The van der Waals surface area contributed by atoms with Gasteiger partial charge in [0.25, 0.3) is 0 Å². The molecule has 1 aliphatic heterocycles. The van der Waals surface area contributed by atoms with Crippen LogP contribution in [-0.4, -0.2) is 38.3 Å². The molecule has 0 bridgehead atoms. The van der Waals surface area contributed by atoms with Crippen molar-refractivity contribution < 1.29 is 15.3 Å². The van der Waals surface area contributed by atoms with Crippen molar-refractivity contribution in [1.29, 1.82) is 0 Å². The Bertz CT molecular complexity index is 118. The maximum absolute atomic E-state index is 8.80. The van der Waals surface area contributed by atoms with E-state index in [9.17, 15) is 0 Å². The van der Waals surface area contributed by atoms with Gasteiger partial charge in [-0.25, -0.2) is 5.73 Å². The molecular formula is C4H8NO3S. The van der Waals surface area contributed by atoms with Crippen molar-refractivity contribution in [1.82, 2.24) is 5.73 Å². The largest absolute Gasteiger partial charge is 0.390 e. The van der Waals surface area contributed by atoms with Gasteiger partial charge in [-0.2, -0.15) is 0 Å². The van der Waals surface area contributed by atoms with E-state index in [1.807, 2.05) is 0 Å². The minimum absolute atomic E-state index is 0.223. The molecule has 0 amide bonds. The second-order valence-corrected chi connectivity index (χ2v) is 3.24. The van der Waals surface area contributed by atoms with Crippen molar-refractivity contribution in [2.24, 2.45) is 0 Å². The van der Waals surface area contributed by atoms with E-state index in [1.165, 1.54) is 0 Å². The molecular weight excluding hydrogens is 142 g/mol. The van der Waals surface area contributed by atoms with Crippen LogP contribution < -0.4 is 5.73 Å². The number of aliphatic hydroxyl groups is 3. The van der Waals surface area contributed by atoms with E-state index in [2.05, 4.69) is 0 Å². The fourth-order valence-corrected chi connectivity index (χ4v) is 1.59. The SMILES string of the molecule is [NH]C1C(O)CSC1(O)O. The smallest absolute Gasteiger partial charge is 0.233 e. The summed E-state index contributed by atoms with van der Waals surface area (Å²) in [6.07, 6.45) is -0.912. The van der Waals surface area contributed by atoms with Gasteiger partial charge in [-0.1, -0.05) is 11.8 Å². The van der Waals surface area contributed by atoms with Crippen molar-refractivity contribution in [2.45, 2.75) is 17.3 Å². The highest BCUT2D eigenvalue weighted by Crippen LogP contribution is 2.32. The second kappa shape index (κ2) is 2.10. The molecule has 1 rings (SSSR count). The normalized spacial score (nSPS) is 41.3. The van der Waals surface area contributed by atoms with Gasteiger partial charge < -0.3 is 15.3 Å². The summed E-state index contributed by atoms with van der Waals surface area (Å²) in [6, 6.07) is -1.19. The summed E-state index contributed by atoms with van der Waals surface area (Å²) in [7, 11) is 0. The van der Waals surface area contributed by atoms with Crippen LogP contribution in [0.15, 0.2) is 0 Å². The van der Waals surface area contributed by atoms with Gasteiger partial charge in [0.05, 0.1) is 6.10 Å². The summed E-state index contributed by atoms with van der Waals surface area (Å²) < 4.78 is 0. The Morgan fingerprint density at radius 3 is 2.22 bits per heavy atom. The van der Waals surface area contributed by atoms with Crippen LogP contribution in [0.1, 0.15) is 0 Å². The number of nitrogens with one attached hydrogen (secondary N) is 1. The van der Waals surface area contributed by atoms with Gasteiger partial charge in [0, 0.05) is 5.75 Å². The molecule has 4 nitrogen and oxygen atoms in total. The van der Waals surface area contributed by atoms with Gasteiger partial charge in [0.15, 0.2) is 0 Å². The van der Waals surface area contributed by atoms with Crippen LogP contribution in [0.4, 0.5) is 0 Å². The lowest BCUT2D eigenvalue weighted by atomic mass is 10.2. The minimum Gasteiger partial charge on any atom is -0.390 e. The topological polar surface area (TPSA) is 84.5 Å². The Balaban J connectivity index is 2.62. The first-order chi connectivity index (χ1) is 4.04. The zero-order valence-corrected chi connectivity index (χ0v) is 5.43. The molecule has 9 heavy (non-hydrogen) atoms. The van der Waals surface area contributed by atoms with Crippen LogP contribution in [0.25, 0.3) is 0 Å². The van der Waals surface area contributed by atoms with Crippen LogP contribution in [0.3, 0.4) is 0 Å². The molecule has 53 valence electrons. The summed E-state index contributed by atoms with van der Waals surface area (Å²) in [5.74, 6) is 0.223. The highest BCUT2D eigenvalue weighted by Gasteiger charge is 2.44. The minimum atomic E-state index is -2.04. The van der Waals surface area contributed by atoms with E-state index >= 15 is 0 Å². The van der Waals surface area contributed by atoms with E-state index in [4.69, 9.17) is 21.1 Å². The molecule has 0 aliphatic carbocycles. The van der Waals surface area contributed by atoms with Gasteiger partial charge in [0.1, 0.15) is 6.04 Å². The molecule has 2 unspecified atom stereocenters. The standard InChI is InChI=1S/C4H8NO3S/c5-3-2(6)1-9-4(3,7)8/h2-3,5-8H,1H2. The maximum Gasteiger partial charge on any atom is 0.233 e. The number of rotatable bonds is 0. The maximum atomic E-state index is 8.80. The first-order valence-corrected chi connectivity index (χ1v) is 3.50. The van der Waals surface area contributed by atoms with Crippen molar-refractivity contribution in [2.75, 3.05) is 5.75 Å². The first-order valence-electron chi connectivity index (χ1n) is 2.52. The Kier molecular flexibility index (Phi) is 1.71. The van der Waals surface area contributed by atoms with Crippen LogP contribution in [0.5, 0.6) is 0 Å². The van der Waals surface area contributed by atoms with Crippen LogP contribution in [0, 0.1) is 0 Å².